The van der Waals surface area contributed by atoms with Crippen molar-refractivity contribution in [3.63, 3.8) is 0 Å². The minimum absolute atomic E-state index is 0.352. The highest BCUT2D eigenvalue weighted by Crippen LogP contribution is 2.63. The fourth-order valence-electron chi connectivity index (χ4n) is 3.48. The Morgan fingerprint density at radius 3 is 1.50 bits per heavy atom. The zero-order chi connectivity index (χ0) is 36.8. The highest BCUT2D eigenvalue weighted by atomic mass is 19.4. The first-order valence-electron chi connectivity index (χ1n) is 12.4. The van der Waals surface area contributed by atoms with Crippen LogP contribution in [0.4, 0.5) is 83.8 Å². The molecule has 6 nitrogen and oxygen atoms in total. The molecule has 0 aliphatic carbocycles. The number of nitrogens with zero attached hydrogens (tertiary/aromatic N) is 1. The number of amides is 1. The Kier molecular flexibility index (Phi) is 11.5. The number of likely N-dealkylation sites (tertiary alicyclic amines) is 1. The first-order chi connectivity index (χ1) is 20.2. The summed E-state index contributed by atoms with van der Waals surface area (Å²) in [5, 5.41) is -1.05. The van der Waals surface area contributed by atoms with Crippen LogP contribution in [0, 0.1) is 5.92 Å². The van der Waals surface area contributed by atoms with Crippen molar-refractivity contribution in [1.29, 1.82) is 0 Å². The molecule has 0 unspecified atom stereocenters. The molecule has 1 amide bonds. The SMILES string of the molecule is CCC(C)(C)OC(=O)N1CCC(C(=O)OCC(F)(F)C(F)(F)C(F)(F)C(F)(F)C(F)(F)C(F)(F)C(F)(F)C(F)(F)NC(F)F)CC1. The standard InChI is InChI=1S/C22H24F18N2O4/c1-4-14(2,3)46-13(44)42-7-5-10(6-8-42)11(43)45-9-15(25,26)16(27,28)17(29,30)18(31,32)19(33,34)20(35,36)21(37,38)22(39,40)41-12(23)24/h10,12,41H,4-9H2,1-3H3. The third-order valence-electron chi connectivity index (χ3n) is 6.81. The fraction of sp³-hybridized carbons (Fsp3) is 0.909. The van der Waals surface area contributed by atoms with Crippen molar-refractivity contribution in [2.24, 2.45) is 5.92 Å². The van der Waals surface area contributed by atoms with E-state index >= 15 is 0 Å². The summed E-state index contributed by atoms with van der Waals surface area (Å²) < 4.78 is 253. The predicted octanol–water partition coefficient (Wildman–Crippen LogP) is 7.42. The molecule has 46 heavy (non-hydrogen) atoms. The molecule has 0 aromatic heterocycles. The van der Waals surface area contributed by atoms with E-state index in [0.29, 0.717) is 6.42 Å². The summed E-state index contributed by atoms with van der Waals surface area (Å²) in [4.78, 5) is 25.2. The number of halogens is 18. The molecule has 1 fully saturated rings. The number of alkyl halides is 18. The molecule has 0 atom stereocenters. The molecule has 1 N–H and O–H groups in total. The van der Waals surface area contributed by atoms with Gasteiger partial charge in [-0.05, 0) is 33.1 Å². The number of ether oxygens (including phenoxy) is 2. The van der Waals surface area contributed by atoms with Crippen LogP contribution in [0.1, 0.15) is 40.0 Å². The summed E-state index contributed by atoms with van der Waals surface area (Å²) in [5.41, 5.74) is -0.945. The van der Waals surface area contributed by atoms with Gasteiger partial charge in [0.05, 0.1) is 5.92 Å². The summed E-state index contributed by atoms with van der Waals surface area (Å²) in [6.07, 6.45) is -1.47. The highest BCUT2D eigenvalue weighted by Gasteiger charge is 2.95. The fourth-order valence-corrected chi connectivity index (χ4v) is 3.48. The van der Waals surface area contributed by atoms with Crippen LogP contribution in [0.3, 0.4) is 0 Å². The molecule has 0 radical (unpaired) electrons. The summed E-state index contributed by atoms with van der Waals surface area (Å²) in [7, 11) is 0. The summed E-state index contributed by atoms with van der Waals surface area (Å²) in [6, 6.07) is -7.32. The van der Waals surface area contributed by atoms with Gasteiger partial charge in [-0.15, -0.1) is 0 Å². The average molecular weight is 722 g/mol. The lowest BCUT2D eigenvalue weighted by atomic mass is 9.88. The molecule has 272 valence electrons. The second-order valence-electron chi connectivity index (χ2n) is 10.5. The van der Waals surface area contributed by atoms with E-state index in [9.17, 15) is 88.6 Å². The van der Waals surface area contributed by atoms with Gasteiger partial charge in [0.15, 0.2) is 6.61 Å². The van der Waals surface area contributed by atoms with Gasteiger partial charge in [0, 0.05) is 13.1 Å². The zero-order valence-corrected chi connectivity index (χ0v) is 23.3. The maximum absolute atomic E-state index is 14.1. The first kappa shape index (κ1) is 41.5. The Hall–Kier alpha value is -2.56. The average Bonchev–Trinajstić information content (AvgIpc) is 2.90. The Labute approximate surface area is 246 Å². The minimum Gasteiger partial charge on any atom is -0.459 e. The molecule has 1 rings (SSSR count). The van der Waals surface area contributed by atoms with Gasteiger partial charge >= 0.3 is 59.6 Å². The van der Waals surface area contributed by atoms with E-state index in [2.05, 4.69) is 4.74 Å². The molecule has 0 aromatic rings. The van der Waals surface area contributed by atoms with Crippen molar-refractivity contribution in [1.82, 2.24) is 10.2 Å². The van der Waals surface area contributed by atoms with Crippen molar-refractivity contribution in [2.45, 2.75) is 99.7 Å². The number of piperidine rings is 1. The third-order valence-corrected chi connectivity index (χ3v) is 6.81. The topological polar surface area (TPSA) is 67.9 Å². The second-order valence-corrected chi connectivity index (χ2v) is 10.5. The maximum Gasteiger partial charge on any atom is 0.410 e. The van der Waals surface area contributed by atoms with Crippen LogP contribution >= 0.6 is 0 Å². The molecular formula is C22H24F18N2O4. The monoisotopic (exact) mass is 722 g/mol. The van der Waals surface area contributed by atoms with Crippen LogP contribution in [0.25, 0.3) is 0 Å². The normalized spacial score (nSPS) is 17.4. The van der Waals surface area contributed by atoms with Gasteiger partial charge in [0.25, 0.3) is 6.55 Å². The number of nitrogens with one attached hydrogen (secondary N) is 1. The lowest BCUT2D eigenvalue weighted by Gasteiger charge is -2.43. The Balaban J connectivity index is 3.18. The number of carbonyl (C=O) groups is 2. The largest absolute Gasteiger partial charge is 0.459 e. The maximum atomic E-state index is 14.1. The Bertz CT molecular complexity index is 1090. The second kappa shape index (κ2) is 12.8. The lowest BCUT2D eigenvalue weighted by molar-refractivity contribution is -0.456. The minimum atomic E-state index is -8.79. The molecular weight excluding hydrogens is 698 g/mol. The number of rotatable bonds is 14. The predicted molar refractivity (Wildman–Crippen MR) is 115 cm³/mol. The van der Waals surface area contributed by atoms with Crippen LogP contribution in [0.15, 0.2) is 0 Å². The smallest absolute Gasteiger partial charge is 0.410 e. The number of hydrogen-bond acceptors (Lipinski definition) is 5. The third kappa shape index (κ3) is 7.14. The quantitative estimate of drug-likeness (QED) is 0.115. The van der Waals surface area contributed by atoms with Crippen molar-refractivity contribution < 1.29 is 98.1 Å². The van der Waals surface area contributed by atoms with Crippen molar-refractivity contribution in [2.75, 3.05) is 19.7 Å². The summed E-state index contributed by atoms with van der Waals surface area (Å²) >= 11 is 0. The van der Waals surface area contributed by atoms with Crippen molar-refractivity contribution >= 4 is 12.1 Å². The number of esters is 1. The van der Waals surface area contributed by atoms with Gasteiger partial charge in [-0.2, -0.15) is 84.3 Å². The van der Waals surface area contributed by atoms with Gasteiger partial charge < -0.3 is 14.4 Å². The molecule has 0 bridgehead atoms. The van der Waals surface area contributed by atoms with E-state index in [1.807, 2.05) is 0 Å². The number of carbonyl (C=O) groups excluding carboxylic acids is 2. The molecule has 1 heterocycles. The zero-order valence-electron chi connectivity index (χ0n) is 23.3. The summed E-state index contributed by atoms with van der Waals surface area (Å²) in [5.74, 6) is -61.2. The van der Waals surface area contributed by atoms with Crippen molar-refractivity contribution in [3.05, 3.63) is 0 Å². The van der Waals surface area contributed by atoms with E-state index in [-0.39, 0.29) is 13.1 Å². The summed E-state index contributed by atoms with van der Waals surface area (Å²) in [6.45, 7) is -4.29. The molecule has 24 heteroatoms. The Morgan fingerprint density at radius 1 is 0.717 bits per heavy atom. The molecule has 1 saturated heterocycles. The van der Waals surface area contributed by atoms with Crippen LogP contribution in [0.2, 0.25) is 0 Å². The molecule has 0 aromatic carbocycles. The Morgan fingerprint density at radius 2 is 1.11 bits per heavy atom. The van der Waals surface area contributed by atoms with Crippen LogP contribution in [0.5, 0.6) is 0 Å². The van der Waals surface area contributed by atoms with Gasteiger partial charge in [0.1, 0.15) is 5.60 Å². The van der Waals surface area contributed by atoms with E-state index in [4.69, 9.17) is 4.74 Å². The molecule has 0 spiro atoms. The van der Waals surface area contributed by atoms with Gasteiger partial charge in [0.2, 0.25) is 0 Å². The van der Waals surface area contributed by atoms with Gasteiger partial charge in [-0.1, -0.05) is 6.92 Å². The molecule has 1 aliphatic rings. The van der Waals surface area contributed by atoms with E-state index < -0.39 is 102 Å². The number of hydrogen-bond donors (Lipinski definition) is 1. The lowest BCUT2D eigenvalue weighted by Crippen LogP contribution is -2.76. The first-order valence-corrected chi connectivity index (χ1v) is 12.4. The van der Waals surface area contributed by atoms with Crippen LogP contribution in [-0.4, -0.2) is 96.3 Å². The molecule has 1 aliphatic heterocycles. The van der Waals surface area contributed by atoms with E-state index in [1.54, 1.807) is 6.92 Å². The van der Waals surface area contributed by atoms with E-state index in [1.165, 1.54) is 13.8 Å². The highest BCUT2D eigenvalue weighted by molar-refractivity contribution is 5.73. The van der Waals surface area contributed by atoms with Crippen molar-refractivity contribution in [3.8, 4) is 0 Å². The molecule has 0 saturated carbocycles. The van der Waals surface area contributed by atoms with Gasteiger partial charge in [-0.3, -0.25) is 4.79 Å². The van der Waals surface area contributed by atoms with Crippen LogP contribution < -0.4 is 5.32 Å². The van der Waals surface area contributed by atoms with E-state index in [0.717, 1.165) is 4.90 Å². The van der Waals surface area contributed by atoms with Crippen LogP contribution in [-0.2, 0) is 14.3 Å². The van der Waals surface area contributed by atoms with Gasteiger partial charge in [-0.25, -0.2) is 4.79 Å².